The number of carbonyl (C=O) groups excluding carboxylic acids is 1. The monoisotopic (exact) mass is 184 g/mol. The van der Waals surface area contributed by atoms with Crippen molar-refractivity contribution in [3.8, 4) is 0 Å². The van der Waals surface area contributed by atoms with E-state index < -0.39 is 0 Å². The molecule has 1 fully saturated rings. The molecule has 0 amide bonds. The van der Waals surface area contributed by atoms with Crippen LogP contribution in [-0.2, 0) is 4.79 Å². The number of hydrogen-bond acceptors (Lipinski definition) is 2. The molecular formula is C10H16OS. The number of ketones is 1. The lowest BCUT2D eigenvalue weighted by atomic mass is 10.0. The molecule has 1 saturated heterocycles. The Bertz CT molecular complexity index is 212. The summed E-state index contributed by atoms with van der Waals surface area (Å²) < 4.78 is 0.232. The van der Waals surface area contributed by atoms with Gasteiger partial charge in [-0.15, -0.1) is 0 Å². The van der Waals surface area contributed by atoms with Crippen molar-refractivity contribution in [2.24, 2.45) is 0 Å². The average molecular weight is 184 g/mol. The molecule has 0 aromatic rings. The molecule has 1 heterocycles. The normalized spacial score (nSPS) is 30.8. The first-order valence-corrected chi connectivity index (χ1v) is 5.36. The molecule has 0 bridgehead atoms. The van der Waals surface area contributed by atoms with Gasteiger partial charge in [-0.1, -0.05) is 6.08 Å². The summed E-state index contributed by atoms with van der Waals surface area (Å²) in [6, 6.07) is 0. The molecule has 1 rings (SSSR count). The summed E-state index contributed by atoms with van der Waals surface area (Å²) in [5.74, 6) is 1.43. The van der Waals surface area contributed by atoms with Gasteiger partial charge in [0.25, 0.3) is 0 Å². The van der Waals surface area contributed by atoms with Crippen LogP contribution in [0.2, 0.25) is 0 Å². The third-order valence-corrected chi connectivity index (χ3v) is 3.80. The summed E-state index contributed by atoms with van der Waals surface area (Å²) in [6.07, 6.45) is 4.62. The van der Waals surface area contributed by atoms with E-state index in [1.807, 2.05) is 18.7 Å². The molecule has 0 aromatic carbocycles. The fraction of sp³-hybridized carbons (Fsp3) is 0.700. The average Bonchev–Trinajstić information content (AvgIpc) is 2.35. The van der Waals surface area contributed by atoms with Crippen LogP contribution in [0.5, 0.6) is 0 Å². The number of carbonyl (C=O) groups is 1. The van der Waals surface area contributed by atoms with Gasteiger partial charge in [0.15, 0.2) is 5.78 Å². The Hall–Kier alpha value is -0.240. The van der Waals surface area contributed by atoms with Crippen LogP contribution in [0.1, 0.15) is 33.6 Å². The predicted octanol–water partition coefficient (Wildman–Crippen LogP) is 2.81. The largest absolute Gasteiger partial charge is 0.295 e. The fourth-order valence-corrected chi connectivity index (χ4v) is 2.78. The molecule has 1 aliphatic heterocycles. The zero-order valence-corrected chi connectivity index (χ0v) is 8.83. The van der Waals surface area contributed by atoms with Gasteiger partial charge in [-0.3, -0.25) is 4.79 Å². The standard InChI is InChI=1S/C10H16OS/c1-8(9(2)11)7-10(3)5-4-6-12-10/h7H,4-6H2,1-3H3/b8-7+. The molecule has 12 heavy (non-hydrogen) atoms. The Morgan fingerprint density at radius 2 is 2.17 bits per heavy atom. The van der Waals surface area contributed by atoms with Crippen molar-refractivity contribution in [3.63, 3.8) is 0 Å². The summed E-state index contributed by atoms with van der Waals surface area (Å²) in [5.41, 5.74) is 0.909. The zero-order valence-electron chi connectivity index (χ0n) is 8.02. The number of thioether (sulfide) groups is 1. The van der Waals surface area contributed by atoms with Gasteiger partial charge in [-0.05, 0) is 44.9 Å². The van der Waals surface area contributed by atoms with Gasteiger partial charge in [0.2, 0.25) is 0 Å². The molecule has 1 unspecified atom stereocenters. The molecule has 0 N–H and O–H groups in total. The Balaban J connectivity index is 2.70. The first kappa shape index (κ1) is 9.85. The lowest BCUT2D eigenvalue weighted by molar-refractivity contribution is -0.113. The van der Waals surface area contributed by atoms with Gasteiger partial charge < -0.3 is 0 Å². The van der Waals surface area contributed by atoms with Crippen LogP contribution in [0.4, 0.5) is 0 Å². The number of Topliss-reactive ketones (excluding diaryl/α,β-unsaturated/α-hetero) is 1. The number of hydrogen-bond donors (Lipinski definition) is 0. The zero-order chi connectivity index (χ0) is 9.19. The second kappa shape index (κ2) is 3.65. The predicted molar refractivity (Wildman–Crippen MR) is 54.5 cm³/mol. The highest BCUT2D eigenvalue weighted by Gasteiger charge is 2.27. The summed E-state index contributed by atoms with van der Waals surface area (Å²) >= 11 is 1.96. The maximum Gasteiger partial charge on any atom is 0.155 e. The molecule has 0 aliphatic carbocycles. The van der Waals surface area contributed by atoms with Crippen LogP contribution >= 0.6 is 11.8 Å². The highest BCUT2D eigenvalue weighted by Crippen LogP contribution is 2.39. The van der Waals surface area contributed by atoms with Crippen LogP contribution in [0.25, 0.3) is 0 Å². The third-order valence-electron chi connectivity index (χ3n) is 2.33. The van der Waals surface area contributed by atoms with Gasteiger partial charge in [0.05, 0.1) is 0 Å². The van der Waals surface area contributed by atoms with Crippen LogP contribution in [0.15, 0.2) is 11.6 Å². The van der Waals surface area contributed by atoms with Gasteiger partial charge in [0.1, 0.15) is 0 Å². The van der Waals surface area contributed by atoms with E-state index in [0.29, 0.717) is 0 Å². The molecule has 68 valence electrons. The quantitative estimate of drug-likeness (QED) is 0.614. The third kappa shape index (κ3) is 2.37. The minimum atomic E-state index is 0.198. The lowest BCUT2D eigenvalue weighted by Crippen LogP contribution is -2.13. The smallest absolute Gasteiger partial charge is 0.155 e. The second-order valence-corrected chi connectivity index (χ2v) is 5.28. The van der Waals surface area contributed by atoms with Crippen LogP contribution in [0, 0.1) is 0 Å². The SMILES string of the molecule is CC(=O)/C(C)=C/C1(C)CCCS1. The number of allylic oxidation sites excluding steroid dienone is 1. The Kier molecular flexibility index (Phi) is 2.99. The van der Waals surface area contributed by atoms with E-state index in [-0.39, 0.29) is 10.5 Å². The van der Waals surface area contributed by atoms with Gasteiger partial charge in [-0.2, -0.15) is 11.8 Å². The Morgan fingerprint density at radius 1 is 1.50 bits per heavy atom. The van der Waals surface area contributed by atoms with E-state index in [1.54, 1.807) is 6.92 Å². The summed E-state index contributed by atoms with van der Waals surface area (Å²) in [7, 11) is 0. The molecule has 0 aromatic heterocycles. The Labute approximate surface area is 78.6 Å². The first-order valence-electron chi connectivity index (χ1n) is 4.38. The first-order chi connectivity index (χ1) is 5.53. The van der Waals surface area contributed by atoms with E-state index in [1.165, 1.54) is 18.6 Å². The van der Waals surface area contributed by atoms with Crippen molar-refractivity contribution in [2.45, 2.75) is 38.4 Å². The second-order valence-electron chi connectivity index (χ2n) is 3.65. The molecule has 1 nitrogen and oxygen atoms in total. The molecular weight excluding hydrogens is 168 g/mol. The Morgan fingerprint density at radius 3 is 2.58 bits per heavy atom. The van der Waals surface area contributed by atoms with Gasteiger partial charge >= 0.3 is 0 Å². The van der Waals surface area contributed by atoms with Gasteiger partial charge in [-0.25, -0.2) is 0 Å². The maximum atomic E-state index is 11.0. The molecule has 1 atom stereocenters. The molecule has 2 heteroatoms. The number of rotatable bonds is 2. The van der Waals surface area contributed by atoms with Crippen molar-refractivity contribution in [1.29, 1.82) is 0 Å². The van der Waals surface area contributed by atoms with E-state index in [0.717, 1.165) is 5.57 Å². The van der Waals surface area contributed by atoms with Gasteiger partial charge in [0, 0.05) is 4.75 Å². The molecule has 1 aliphatic rings. The highest BCUT2D eigenvalue weighted by molar-refractivity contribution is 8.01. The minimum absolute atomic E-state index is 0.198. The summed E-state index contributed by atoms with van der Waals surface area (Å²) in [5, 5.41) is 0. The molecule has 0 radical (unpaired) electrons. The van der Waals surface area contributed by atoms with Crippen LogP contribution < -0.4 is 0 Å². The fourth-order valence-electron chi connectivity index (χ4n) is 1.47. The van der Waals surface area contributed by atoms with E-state index in [9.17, 15) is 4.79 Å². The van der Waals surface area contributed by atoms with E-state index in [4.69, 9.17) is 0 Å². The van der Waals surface area contributed by atoms with Crippen molar-refractivity contribution in [1.82, 2.24) is 0 Å². The van der Waals surface area contributed by atoms with Crippen molar-refractivity contribution >= 4 is 17.5 Å². The maximum absolute atomic E-state index is 11.0. The highest BCUT2D eigenvalue weighted by atomic mass is 32.2. The summed E-state index contributed by atoms with van der Waals surface area (Å²) in [6.45, 7) is 5.76. The lowest BCUT2D eigenvalue weighted by Gasteiger charge is -2.18. The van der Waals surface area contributed by atoms with Crippen molar-refractivity contribution < 1.29 is 4.79 Å². The minimum Gasteiger partial charge on any atom is -0.295 e. The van der Waals surface area contributed by atoms with Crippen LogP contribution in [0.3, 0.4) is 0 Å². The van der Waals surface area contributed by atoms with Crippen LogP contribution in [-0.4, -0.2) is 16.3 Å². The van der Waals surface area contributed by atoms with E-state index in [2.05, 4.69) is 13.0 Å². The summed E-state index contributed by atoms with van der Waals surface area (Å²) in [4.78, 5) is 11.0. The van der Waals surface area contributed by atoms with Crippen molar-refractivity contribution in [3.05, 3.63) is 11.6 Å². The molecule has 0 spiro atoms. The molecule has 0 saturated carbocycles. The topological polar surface area (TPSA) is 17.1 Å². The van der Waals surface area contributed by atoms with E-state index >= 15 is 0 Å². The van der Waals surface area contributed by atoms with Crippen molar-refractivity contribution in [2.75, 3.05) is 5.75 Å².